The molecule has 4 rings (SSSR count). The minimum atomic E-state index is -0.106. The molecule has 6 heteroatoms. The van der Waals surface area contributed by atoms with E-state index >= 15 is 0 Å². The third kappa shape index (κ3) is 3.94. The minimum Gasteiger partial charge on any atom is -0.368 e. The third-order valence-corrected chi connectivity index (χ3v) is 5.35. The van der Waals surface area contributed by atoms with Crippen LogP contribution in [0.2, 0.25) is 5.02 Å². The maximum Gasteiger partial charge on any atom is 0.267 e. The number of anilines is 1. The topological polar surface area (TPSA) is 51.4 Å². The predicted molar refractivity (Wildman–Crippen MR) is 111 cm³/mol. The van der Waals surface area contributed by atoms with Gasteiger partial charge in [-0.25, -0.2) is 0 Å². The highest BCUT2D eigenvalue weighted by Crippen LogP contribution is 2.28. The SMILES string of the molecule is CN1CCN(c2cccc3[nH]c(C(=O)NCc4ccc(Cl)cc4)cc23)CC1. The number of H-pyrrole nitrogens is 1. The van der Waals surface area contributed by atoms with E-state index in [-0.39, 0.29) is 5.91 Å². The number of fused-ring (bicyclic) bond motifs is 1. The van der Waals surface area contributed by atoms with Gasteiger partial charge in [-0.2, -0.15) is 0 Å². The van der Waals surface area contributed by atoms with Crippen LogP contribution >= 0.6 is 11.6 Å². The largest absolute Gasteiger partial charge is 0.368 e. The van der Waals surface area contributed by atoms with Crippen molar-refractivity contribution in [1.29, 1.82) is 0 Å². The van der Waals surface area contributed by atoms with Gasteiger partial charge in [-0.05, 0) is 42.9 Å². The number of hydrogen-bond acceptors (Lipinski definition) is 3. The van der Waals surface area contributed by atoms with Crippen LogP contribution < -0.4 is 10.2 Å². The molecular weight excluding hydrogens is 360 g/mol. The van der Waals surface area contributed by atoms with Crippen LogP contribution in [0, 0.1) is 0 Å². The van der Waals surface area contributed by atoms with Gasteiger partial charge in [-0.15, -0.1) is 0 Å². The Morgan fingerprint density at radius 2 is 1.85 bits per heavy atom. The van der Waals surface area contributed by atoms with Crippen LogP contribution in [-0.4, -0.2) is 49.0 Å². The summed E-state index contributed by atoms with van der Waals surface area (Å²) in [5.74, 6) is -0.106. The molecule has 5 nitrogen and oxygen atoms in total. The van der Waals surface area contributed by atoms with Crippen molar-refractivity contribution in [3.05, 3.63) is 64.8 Å². The molecule has 2 N–H and O–H groups in total. The van der Waals surface area contributed by atoms with Crippen molar-refractivity contribution in [2.45, 2.75) is 6.54 Å². The van der Waals surface area contributed by atoms with E-state index in [0.717, 1.165) is 42.6 Å². The Morgan fingerprint density at radius 1 is 1.11 bits per heavy atom. The molecule has 0 unspecified atom stereocenters. The minimum absolute atomic E-state index is 0.106. The van der Waals surface area contributed by atoms with E-state index in [2.05, 4.69) is 33.2 Å². The second-order valence-electron chi connectivity index (χ2n) is 7.02. The van der Waals surface area contributed by atoms with Gasteiger partial charge in [0, 0.05) is 54.3 Å². The Morgan fingerprint density at radius 3 is 2.59 bits per heavy atom. The summed E-state index contributed by atoms with van der Waals surface area (Å²) in [5.41, 5.74) is 3.78. The average molecular weight is 383 g/mol. The summed E-state index contributed by atoms with van der Waals surface area (Å²) in [6.07, 6.45) is 0. The molecule has 140 valence electrons. The van der Waals surface area contributed by atoms with Gasteiger partial charge in [0.2, 0.25) is 0 Å². The van der Waals surface area contributed by atoms with Gasteiger partial charge in [0.25, 0.3) is 5.91 Å². The van der Waals surface area contributed by atoms with E-state index in [1.165, 1.54) is 5.69 Å². The van der Waals surface area contributed by atoms with Gasteiger partial charge in [0.1, 0.15) is 5.69 Å². The number of halogens is 1. The first kappa shape index (κ1) is 17.9. The van der Waals surface area contributed by atoms with Crippen LogP contribution in [0.5, 0.6) is 0 Å². The summed E-state index contributed by atoms with van der Waals surface area (Å²) >= 11 is 5.90. The number of benzene rings is 2. The van der Waals surface area contributed by atoms with Crippen LogP contribution in [0.3, 0.4) is 0 Å². The smallest absolute Gasteiger partial charge is 0.267 e. The van der Waals surface area contributed by atoms with Crippen molar-refractivity contribution in [1.82, 2.24) is 15.2 Å². The van der Waals surface area contributed by atoms with Crippen molar-refractivity contribution in [2.24, 2.45) is 0 Å². The molecule has 0 aliphatic carbocycles. The molecule has 0 saturated carbocycles. The van der Waals surface area contributed by atoms with Crippen LogP contribution in [0.25, 0.3) is 10.9 Å². The number of piperazine rings is 1. The fraction of sp³-hybridized carbons (Fsp3) is 0.286. The first-order valence-corrected chi connectivity index (χ1v) is 9.56. The van der Waals surface area contributed by atoms with E-state index in [4.69, 9.17) is 11.6 Å². The molecule has 1 aliphatic rings. The van der Waals surface area contributed by atoms with Gasteiger partial charge >= 0.3 is 0 Å². The Kier molecular flexibility index (Phi) is 5.05. The second-order valence-corrected chi connectivity index (χ2v) is 7.46. The van der Waals surface area contributed by atoms with E-state index in [0.29, 0.717) is 17.3 Å². The summed E-state index contributed by atoms with van der Waals surface area (Å²) in [6.45, 7) is 4.57. The van der Waals surface area contributed by atoms with Crippen LogP contribution in [0.15, 0.2) is 48.5 Å². The molecule has 1 fully saturated rings. The molecule has 2 aromatic carbocycles. The number of hydrogen-bond donors (Lipinski definition) is 2. The van der Waals surface area contributed by atoms with Gasteiger partial charge in [0.15, 0.2) is 0 Å². The molecule has 2 heterocycles. The maximum absolute atomic E-state index is 12.6. The highest BCUT2D eigenvalue weighted by molar-refractivity contribution is 6.30. The summed E-state index contributed by atoms with van der Waals surface area (Å²) < 4.78 is 0. The Bertz CT molecular complexity index is 942. The molecule has 1 aliphatic heterocycles. The van der Waals surface area contributed by atoms with Crippen LogP contribution in [0.1, 0.15) is 16.1 Å². The molecule has 0 radical (unpaired) electrons. The van der Waals surface area contributed by atoms with Gasteiger partial charge < -0.3 is 20.1 Å². The zero-order valence-electron chi connectivity index (χ0n) is 15.3. The monoisotopic (exact) mass is 382 g/mol. The number of nitrogens with one attached hydrogen (secondary N) is 2. The molecule has 27 heavy (non-hydrogen) atoms. The van der Waals surface area contributed by atoms with E-state index < -0.39 is 0 Å². The lowest BCUT2D eigenvalue weighted by Crippen LogP contribution is -2.44. The van der Waals surface area contributed by atoms with E-state index in [1.807, 2.05) is 42.5 Å². The maximum atomic E-state index is 12.6. The lowest BCUT2D eigenvalue weighted by atomic mass is 10.1. The third-order valence-electron chi connectivity index (χ3n) is 5.10. The number of rotatable bonds is 4. The standard InChI is InChI=1S/C21H23ClN4O/c1-25-9-11-26(12-10-25)20-4-2-3-18-17(20)13-19(24-18)21(27)23-14-15-5-7-16(22)8-6-15/h2-8,13,24H,9-12,14H2,1H3,(H,23,27). The number of carbonyl (C=O) groups excluding carboxylic acids is 1. The van der Waals surface area contributed by atoms with Gasteiger partial charge in [0.05, 0.1) is 0 Å². The number of likely N-dealkylation sites (N-methyl/N-ethyl adjacent to an activating group) is 1. The second kappa shape index (κ2) is 7.62. The van der Waals surface area contributed by atoms with Gasteiger partial charge in [-0.3, -0.25) is 4.79 Å². The van der Waals surface area contributed by atoms with Crippen LogP contribution in [0.4, 0.5) is 5.69 Å². The zero-order valence-corrected chi connectivity index (χ0v) is 16.1. The normalized spacial score (nSPS) is 15.3. The van der Waals surface area contributed by atoms with Crippen molar-refractivity contribution >= 4 is 34.1 Å². The first-order chi connectivity index (χ1) is 13.1. The molecule has 3 aromatic rings. The number of amides is 1. The Hall–Kier alpha value is -2.50. The zero-order chi connectivity index (χ0) is 18.8. The molecule has 1 amide bonds. The summed E-state index contributed by atoms with van der Waals surface area (Å²) in [4.78, 5) is 20.6. The summed E-state index contributed by atoms with van der Waals surface area (Å²) in [5, 5.41) is 4.75. The van der Waals surface area contributed by atoms with Crippen molar-refractivity contribution in [2.75, 3.05) is 38.1 Å². The lowest BCUT2D eigenvalue weighted by Gasteiger charge is -2.34. The predicted octanol–water partition coefficient (Wildman–Crippen LogP) is 3.50. The summed E-state index contributed by atoms with van der Waals surface area (Å²) in [7, 11) is 2.15. The number of aromatic nitrogens is 1. The molecule has 0 bridgehead atoms. The van der Waals surface area contributed by atoms with Crippen molar-refractivity contribution in [3.63, 3.8) is 0 Å². The average Bonchev–Trinajstić information content (AvgIpc) is 3.12. The number of aromatic amines is 1. The van der Waals surface area contributed by atoms with E-state index in [9.17, 15) is 4.79 Å². The number of nitrogens with zero attached hydrogens (tertiary/aromatic N) is 2. The molecule has 1 aromatic heterocycles. The van der Waals surface area contributed by atoms with Crippen molar-refractivity contribution < 1.29 is 4.79 Å². The molecular formula is C21H23ClN4O. The van der Waals surface area contributed by atoms with E-state index in [1.54, 1.807) is 0 Å². The molecule has 1 saturated heterocycles. The Labute approximate surface area is 163 Å². The molecule has 0 atom stereocenters. The Balaban J connectivity index is 1.51. The molecule has 0 spiro atoms. The highest BCUT2D eigenvalue weighted by atomic mass is 35.5. The van der Waals surface area contributed by atoms with Crippen molar-refractivity contribution in [3.8, 4) is 0 Å². The first-order valence-electron chi connectivity index (χ1n) is 9.18. The summed E-state index contributed by atoms with van der Waals surface area (Å²) in [6, 6.07) is 15.6. The fourth-order valence-electron chi connectivity index (χ4n) is 3.46. The highest BCUT2D eigenvalue weighted by Gasteiger charge is 2.18. The van der Waals surface area contributed by atoms with Crippen LogP contribution in [-0.2, 0) is 6.54 Å². The quantitative estimate of drug-likeness (QED) is 0.726. The van der Waals surface area contributed by atoms with Gasteiger partial charge in [-0.1, -0.05) is 29.8 Å². The fourth-order valence-corrected chi connectivity index (χ4v) is 3.59. The number of carbonyl (C=O) groups is 1. The lowest BCUT2D eigenvalue weighted by molar-refractivity contribution is 0.0947.